The van der Waals surface area contributed by atoms with Crippen LogP contribution in [-0.4, -0.2) is 19.9 Å². The minimum atomic E-state index is -0.0352. The van der Waals surface area contributed by atoms with Gasteiger partial charge in [0.25, 0.3) is 6.71 Å². The van der Waals surface area contributed by atoms with E-state index in [-0.39, 0.29) is 23.0 Å². The van der Waals surface area contributed by atoms with Gasteiger partial charge in [-0.1, -0.05) is 135 Å². The molecule has 3 aliphatic heterocycles. The Morgan fingerprint density at radius 1 is 0.464 bits per heavy atom. The van der Waals surface area contributed by atoms with Gasteiger partial charge in [0.2, 0.25) is 0 Å². The number of hydrogen-bond acceptors (Lipinski definition) is 4. The van der Waals surface area contributed by atoms with Crippen LogP contribution in [0.5, 0.6) is 11.5 Å². The van der Waals surface area contributed by atoms with Gasteiger partial charge in [0.15, 0.2) is 11.5 Å². The number of para-hydroxylation sites is 1. The van der Waals surface area contributed by atoms with Gasteiger partial charge in [0.1, 0.15) is 0 Å². The van der Waals surface area contributed by atoms with Crippen LogP contribution in [-0.2, 0) is 16.2 Å². The molecule has 282 valence electrons. The lowest BCUT2D eigenvalue weighted by Gasteiger charge is -2.45. The summed E-state index contributed by atoms with van der Waals surface area (Å²) in [5, 5.41) is 0. The first kappa shape index (κ1) is 36.2. The van der Waals surface area contributed by atoms with E-state index >= 15 is 0 Å². The van der Waals surface area contributed by atoms with Crippen LogP contribution in [0.4, 0.5) is 34.1 Å². The summed E-state index contributed by atoms with van der Waals surface area (Å²) in [7, 11) is 0. The zero-order valence-corrected chi connectivity index (χ0v) is 34.5. The lowest BCUT2D eigenvalue weighted by atomic mass is 9.33. The van der Waals surface area contributed by atoms with Crippen molar-refractivity contribution in [3.8, 4) is 22.6 Å². The second-order valence-electron chi connectivity index (χ2n) is 18.9. The minimum Gasteiger partial charge on any atom is -0.489 e. The first-order chi connectivity index (χ1) is 26.7. The van der Waals surface area contributed by atoms with E-state index in [0.29, 0.717) is 13.2 Å². The number of hydrogen-bond donors (Lipinski definition) is 0. The largest absolute Gasteiger partial charge is 0.489 e. The molecule has 0 fully saturated rings. The molecule has 6 aromatic rings. The molecule has 56 heavy (non-hydrogen) atoms. The second-order valence-corrected chi connectivity index (χ2v) is 18.9. The maximum absolute atomic E-state index is 6.61. The van der Waals surface area contributed by atoms with Crippen LogP contribution >= 0.6 is 0 Å². The zero-order chi connectivity index (χ0) is 39.1. The molecule has 0 aliphatic carbocycles. The first-order valence-corrected chi connectivity index (χ1v) is 20.3. The van der Waals surface area contributed by atoms with Crippen molar-refractivity contribution in [2.24, 2.45) is 0 Å². The molecule has 0 radical (unpaired) electrons. The summed E-state index contributed by atoms with van der Waals surface area (Å²) in [6, 6.07) is 45.7. The van der Waals surface area contributed by atoms with Crippen molar-refractivity contribution in [2.45, 2.75) is 85.0 Å². The van der Waals surface area contributed by atoms with Gasteiger partial charge in [-0.25, -0.2) is 0 Å². The highest BCUT2D eigenvalue weighted by Crippen LogP contribution is 2.50. The monoisotopic (exact) mass is 736 g/mol. The van der Waals surface area contributed by atoms with E-state index in [1.165, 1.54) is 61.3 Å². The van der Waals surface area contributed by atoms with Crippen molar-refractivity contribution in [1.29, 1.82) is 0 Å². The molecule has 0 amide bonds. The van der Waals surface area contributed by atoms with Crippen molar-refractivity contribution in [3.63, 3.8) is 0 Å². The summed E-state index contributed by atoms with van der Waals surface area (Å²) < 4.78 is 12.9. The fourth-order valence-corrected chi connectivity index (χ4v) is 8.74. The van der Waals surface area contributed by atoms with Crippen LogP contribution in [0.15, 0.2) is 121 Å². The molecule has 0 saturated carbocycles. The van der Waals surface area contributed by atoms with Gasteiger partial charge in [0, 0.05) is 34.9 Å². The van der Waals surface area contributed by atoms with E-state index < -0.39 is 0 Å². The van der Waals surface area contributed by atoms with E-state index in [9.17, 15) is 0 Å². The Labute approximate surface area is 334 Å². The molecule has 0 atom stereocenters. The number of ether oxygens (including phenoxy) is 2. The lowest BCUT2D eigenvalue weighted by molar-refractivity contribution is 0.297. The molecule has 9 rings (SSSR count). The number of nitrogens with zero attached hydrogens (tertiary/aromatic N) is 2. The third-order valence-corrected chi connectivity index (χ3v) is 11.9. The van der Waals surface area contributed by atoms with E-state index in [4.69, 9.17) is 9.47 Å². The predicted octanol–water partition coefficient (Wildman–Crippen LogP) is 11.5. The van der Waals surface area contributed by atoms with E-state index in [0.717, 1.165) is 35.0 Å². The van der Waals surface area contributed by atoms with Crippen LogP contribution < -0.4 is 35.7 Å². The Hall–Kier alpha value is -5.42. The van der Waals surface area contributed by atoms with Gasteiger partial charge in [-0.05, 0) is 109 Å². The highest BCUT2D eigenvalue weighted by atomic mass is 16.5. The van der Waals surface area contributed by atoms with E-state index in [1.807, 2.05) is 6.07 Å². The highest BCUT2D eigenvalue weighted by Gasteiger charge is 2.45. The molecule has 3 aliphatic rings. The third kappa shape index (κ3) is 6.07. The highest BCUT2D eigenvalue weighted by molar-refractivity contribution is 7.00. The molecular formula is C51H53BN2O2. The molecule has 5 heteroatoms. The molecule has 0 spiro atoms. The van der Waals surface area contributed by atoms with Gasteiger partial charge in [-0.3, -0.25) is 0 Å². The summed E-state index contributed by atoms with van der Waals surface area (Å²) in [5.41, 5.74) is 17.1. The SMILES string of the molecule is CC(C)(C)c1ccc(N2c3ccc(C(C)(C)C)cc3B3c4cc(C(C)(C)C)ccc4N(c4cccc5c4OCCCO5)c4cc(-c5ccccc5)cc2c43)cc1. The van der Waals surface area contributed by atoms with Crippen LogP contribution in [0, 0.1) is 0 Å². The summed E-state index contributed by atoms with van der Waals surface area (Å²) in [5.74, 6) is 1.60. The van der Waals surface area contributed by atoms with Gasteiger partial charge in [0.05, 0.1) is 18.9 Å². The fourth-order valence-electron chi connectivity index (χ4n) is 8.74. The molecule has 3 heterocycles. The van der Waals surface area contributed by atoms with Crippen molar-refractivity contribution in [1.82, 2.24) is 0 Å². The number of anilines is 6. The molecular weight excluding hydrogens is 683 g/mol. The number of benzene rings is 6. The van der Waals surface area contributed by atoms with Crippen LogP contribution in [0.2, 0.25) is 0 Å². The maximum atomic E-state index is 6.61. The summed E-state index contributed by atoms with van der Waals surface area (Å²) in [6.07, 6.45) is 0.844. The zero-order valence-electron chi connectivity index (χ0n) is 34.5. The summed E-state index contributed by atoms with van der Waals surface area (Å²) in [6.45, 7) is 22.0. The van der Waals surface area contributed by atoms with E-state index in [2.05, 4.69) is 187 Å². The normalized spacial score (nSPS) is 14.8. The van der Waals surface area contributed by atoms with Crippen molar-refractivity contribution >= 4 is 57.2 Å². The average Bonchev–Trinajstić information content (AvgIpc) is 3.43. The van der Waals surface area contributed by atoms with Gasteiger partial charge in [-0.15, -0.1) is 0 Å². The van der Waals surface area contributed by atoms with Gasteiger partial charge in [-0.2, -0.15) is 0 Å². The van der Waals surface area contributed by atoms with Crippen molar-refractivity contribution < 1.29 is 9.47 Å². The molecule has 0 N–H and O–H groups in total. The Bertz CT molecular complexity index is 2470. The Morgan fingerprint density at radius 2 is 1.02 bits per heavy atom. The summed E-state index contributed by atoms with van der Waals surface area (Å²) >= 11 is 0. The topological polar surface area (TPSA) is 24.9 Å². The Morgan fingerprint density at radius 3 is 1.62 bits per heavy atom. The second kappa shape index (κ2) is 13.1. The Balaban J connectivity index is 1.42. The Kier molecular flexibility index (Phi) is 8.47. The number of rotatable bonds is 3. The minimum absolute atomic E-state index is 0.000237. The van der Waals surface area contributed by atoms with Crippen molar-refractivity contribution in [3.05, 3.63) is 138 Å². The van der Waals surface area contributed by atoms with Crippen LogP contribution in [0.25, 0.3) is 11.1 Å². The fraction of sp³-hybridized carbons (Fsp3) is 0.294. The van der Waals surface area contributed by atoms with Gasteiger partial charge < -0.3 is 19.3 Å². The first-order valence-electron chi connectivity index (χ1n) is 20.3. The third-order valence-electron chi connectivity index (χ3n) is 11.9. The van der Waals surface area contributed by atoms with Crippen LogP contribution in [0.1, 0.15) is 85.4 Å². The average molecular weight is 737 g/mol. The lowest BCUT2D eigenvalue weighted by Crippen LogP contribution is -2.61. The molecule has 0 saturated heterocycles. The molecule has 0 unspecified atom stereocenters. The van der Waals surface area contributed by atoms with Crippen LogP contribution in [0.3, 0.4) is 0 Å². The standard InChI is InChI=1S/C51H53BN2O2/c1-49(2,3)35-19-23-38(24-20-35)53-41-25-21-36(50(4,5)6)31-39(41)52-40-32-37(51(7,8)9)22-26-42(40)54(43-17-13-18-46-48(43)56-28-14-27-55-46)45-30-34(29-44(53)47(45)52)33-15-11-10-12-16-33/h10-13,15-26,29-32H,14,27-28H2,1-9H3. The smallest absolute Gasteiger partial charge is 0.252 e. The molecule has 4 nitrogen and oxygen atoms in total. The number of fused-ring (bicyclic) bond motifs is 5. The maximum Gasteiger partial charge on any atom is 0.252 e. The summed E-state index contributed by atoms with van der Waals surface area (Å²) in [4.78, 5) is 4.99. The molecule has 6 aromatic carbocycles. The quantitative estimate of drug-likeness (QED) is 0.169. The molecule has 0 bridgehead atoms. The van der Waals surface area contributed by atoms with Crippen molar-refractivity contribution in [2.75, 3.05) is 23.0 Å². The van der Waals surface area contributed by atoms with E-state index in [1.54, 1.807) is 0 Å². The predicted molar refractivity (Wildman–Crippen MR) is 238 cm³/mol. The van der Waals surface area contributed by atoms with Gasteiger partial charge >= 0.3 is 0 Å². The molecule has 0 aromatic heterocycles.